The highest BCUT2D eigenvalue weighted by Gasteiger charge is 2.10. The van der Waals surface area contributed by atoms with Crippen LogP contribution in [0, 0.1) is 0 Å². The van der Waals surface area contributed by atoms with E-state index in [0.29, 0.717) is 0 Å². The number of carboxylic acid groups (broad SMARTS) is 1. The number of carboxylic acids is 1. The normalized spacial score (nSPS) is 15.3. The predicted molar refractivity (Wildman–Crippen MR) is 73.6 cm³/mol. The highest BCUT2D eigenvalue weighted by Crippen LogP contribution is 2.26. The molecule has 96 valence electrons. The summed E-state index contributed by atoms with van der Waals surface area (Å²) in [5.41, 5.74) is 5.26. The van der Waals surface area contributed by atoms with Crippen LogP contribution in [0.15, 0.2) is 24.3 Å². The molecule has 0 amide bonds. The Hall–Kier alpha value is -1.57. The minimum absolute atomic E-state index is 0.111. The quantitative estimate of drug-likeness (QED) is 0.873. The molecular weight excluding hydrogens is 224 g/mol. The van der Waals surface area contributed by atoms with Gasteiger partial charge in [-0.15, -0.1) is 0 Å². The third kappa shape index (κ3) is 3.00. The van der Waals surface area contributed by atoms with Crippen LogP contribution in [0.5, 0.6) is 0 Å². The molecule has 0 saturated heterocycles. The van der Waals surface area contributed by atoms with Gasteiger partial charge in [0.25, 0.3) is 0 Å². The lowest BCUT2D eigenvalue weighted by molar-refractivity contribution is -0.135. The van der Waals surface area contributed by atoms with Crippen LogP contribution < -0.4 is 0 Å². The number of hydrogen-bond donors (Lipinski definition) is 1. The lowest BCUT2D eigenvalue weighted by atomic mass is 9.88. The lowest BCUT2D eigenvalue weighted by Gasteiger charge is -2.17. The van der Waals surface area contributed by atoms with Gasteiger partial charge in [0.2, 0.25) is 0 Å². The Morgan fingerprint density at radius 2 is 2.00 bits per heavy atom. The van der Waals surface area contributed by atoms with E-state index in [2.05, 4.69) is 25.1 Å². The molecule has 1 aromatic rings. The van der Waals surface area contributed by atoms with Crippen molar-refractivity contribution in [3.8, 4) is 0 Å². The summed E-state index contributed by atoms with van der Waals surface area (Å²) in [6.45, 7) is 2.08. The zero-order valence-corrected chi connectivity index (χ0v) is 10.9. The fraction of sp³-hybridized carbons (Fsp3) is 0.438. The number of aryl methyl sites for hydroxylation is 2. The number of fused-ring (bicyclic) bond motifs is 1. The standard InChI is InChI=1S/C16H20O2/c1-2-12(9-10-16(17)18)15-8-7-13-5-3-4-6-14(13)11-15/h7-9,11H,2-6,10H2,1H3,(H,17,18)/b12-9+. The molecule has 18 heavy (non-hydrogen) atoms. The molecule has 1 aromatic carbocycles. The Labute approximate surface area is 108 Å². The van der Waals surface area contributed by atoms with Crippen molar-refractivity contribution in [3.05, 3.63) is 41.0 Å². The first-order chi connectivity index (χ1) is 8.70. The van der Waals surface area contributed by atoms with E-state index < -0.39 is 5.97 Å². The van der Waals surface area contributed by atoms with E-state index >= 15 is 0 Å². The van der Waals surface area contributed by atoms with Gasteiger partial charge >= 0.3 is 5.97 Å². The van der Waals surface area contributed by atoms with Gasteiger partial charge in [0.15, 0.2) is 0 Å². The van der Waals surface area contributed by atoms with Crippen LogP contribution >= 0.6 is 0 Å². The third-order valence-corrected chi connectivity index (χ3v) is 3.62. The molecule has 0 unspecified atom stereocenters. The van der Waals surface area contributed by atoms with Crippen LogP contribution in [0.25, 0.3) is 5.57 Å². The van der Waals surface area contributed by atoms with Crippen LogP contribution in [-0.4, -0.2) is 11.1 Å². The summed E-state index contributed by atoms with van der Waals surface area (Å²) in [5.74, 6) is -0.765. The summed E-state index contributed by atoms with van der Waals surface area (Å²) in [5, 5.41) is 8.75. The van der Waals surface area contributed by atoms with Crippen molar-refractivity contribution < 1.29 is 9.90 Å². The predicted octanol–water partition coefficient (Wildman–Crippen LogP) is 3.83. The molecule has 2 nitrogen and oxygen atoms in total. The van der Waals surface area contributed by atoms with E-state index in [1.165, 1.54) is 42.4 Å². The summed E-state index contributed by atoms with van der Waals surface area (Å²) in [7, 11) is 0. The summed E-state index contributed by atoms with van der Waals surface area (Å²) in [6, 6.07) is 6.61. The average Bonchev–Trinajstić information content (AvgIpc) is 2.39. The van der Waals surface area contributed by atoms with Crippen molar-refractivity contribution in [2.24, 2.45) is 0 Å². The van der Waals surface area contributed by atoms with Gasteiger partial charge in [0.1, 0.15) is 0 Å². The molecule has 0 atom stereocenters. The Morgan fingerprint density at radius 3 is 2.67 bits per heavy atom. The zero-order chi connectivity index (χ0) is 13.0. The van der Waals surface area contributed by atoms with Crippen LogP contribution in [0.2, 0.25) is 0 Å². The summed E-state index contributed by atoms with van der Waals surface area (Å²) < 4.78 is 0. The molecular formula is C16H20O2. The topological polar surface area (TPSA) is 37.3 Å². The smallest absolute Gasteiger partial charge is 0.307 e. The van der Waals surface area contributed by atoms with E-state index in [-0.39, 0.29) is 6.42 Å². The van der Waals surface area contributed by atoms with Crippen molar-refractivity contribution in [1.82, 2.24) is 0 Å². The summed E-state index contributed by atoms with van der Waals surface area (Å²) in [6.07, 6.45) is 7.76. The SMILES string of the molecule is CC/C(=C\CC(=O)O)c1ccc2c(c1)CCCC2. The van der Waals surface area contributed by atoms with Gasteiger partial charge in [-0.3, -0.25) is 4.79 Å². The highest BCUT2D eigenvalue weighted by atomic mass is 16.4. The molecule has 0 aromatic heterocycles. The van der Waals surface area contributed by atoms with Crippen molar-refractivity contribution in [3.63, 3.8) is 0 Å². The average molecular weight is 244 g/mol. The third-order valence-electron chi connectivity index (χ3n) is 3.62. The molecule has 1 N–H and O–H groups in total. The van der Waals surface area contributed by atoms with Gasteiger partial charge < -0.3 is 5.11 Å². The Bertz CT molecular complexity index is 472. The first kappa shape index (κ1) is 12.9. The van der Waals surface area contributed by atoms with E-state index in [0.717, 1.165) is 12.0 Å². The van der Waals surface area contributed by atoms with Gasteiger partial charge in [0, 0.05) is 0 Å². The second-order valence-corrected chi connectivity index (χ2v) is 4.87. The lowest BCUT2D eigenvalue weighted by Crippen LogP contribution is -2.03. The van der Waals surface area contributed by atoms with Crippen LogP contribution in [0.3, 0.4) is 0 Å². The molecule has 2 heteroatoms. The maximum absolute atomic E-state index is 10.6. The number of benzene rings is 1. The van der Waals surface area contributed by atoms with Crippen molar-refractivity contribution >= 4 is 11.5 Å². The monoisotopic (exact) mass is 244 g/mol. The van der Waals surface area contributed by atoms with E-state index in [9.17, 15) is 4.79 Å². The minimum atomic E-state index is -0.765. The van der Waals surface area contributed by atoms with Gasteiger partial charge in [0.05, 0.1) is 6.42 Å². The van der Waals surface area contributed by atoms with E-state index in [4.69, 9.17) is 5.11 Å². The highest BCUT2D eigenvalue weighted by molar-refractivity contribution is 5.74. The molecule has 1 aliphatic rings. The fourth-order valence-electron chi connectivity index (χ4n) is 2.61. The Morgan fingerprint density at radius 1 is 1.28 bits per heavy atom. The molecule has 0 fully saturated rings. The first-order valence-corrected chi connectivity index (χ1v) is 6.73. The van der Waals surface area contributed by atoms with Crippen LogP contribution in [0.1, 0.15) is 49.3 Å². The van der Waals surface area contributed by atoms with E-state index in [1.54, 1.807) is 0 Å². The number of carbonyl (C=O) groups is 1. The number of aliphatic carboxylic acids is 1. The van der Waals surface area contributed by atoms with Crippen molar-refractivity contribution in [2.45, 2.75) is 45.4 Å². The van der Waals surface area contributed by atoms with Crippen LogP contribution in [0.4, 0.5) is 0 Å². The fourth-order valence-corrected chi connectivity index (χ4v) is 2.61. The first-order valence-electron chi connectivity index (χ1n) is 6.73. The largest absolute Gasteiger partial charge is 0.481 e. The molecule has 0 heterocycles. The Kier molecular flexibility index (Phi) is 4.19. The summed E-state index contributed by atoms with van der Waals surface area (Å²) in [4.78, 5) is 10.6. The zero-order valence-electron chi connectivity index (χ0n) is 10.9. The number of allylic oxidation sites excluding steroid dienone is 1. The van der Waals surface area contributed by atoms with Crippen molar-refractivity contribution in [2.75, 3.05) is 0 Å². The van der Waals surface area contributed by atoms with Gasteiger partial charge in [-0.05, 0) is 54.4 Å². The maximum atomic E-state index is 10.6. The van der Waals surface area contributed by atoms with E-state index in [1.807, 2.05) is 6.08 Å². The van der Waals surface area contributed by atoms with Gasteiger partial charge in [-0.25, -0.2) is 0 Å². The number of hydrogen-bond acceptors (Lipinski definition) is 1. The van der Waals surface area contributed by atoms with Gasteiger partial charge in [-0.2, -0.15) is 0 Å². The molecule has 0 bridgehead atoms. The molecule has 0 spiro atoms. The van der Waals surface area contributed by atoms with Crippen molar-refractivity contribution in [1.29, 1.82) is 0 Å². The maximum Gasteiger partial charge on any atom is 0.307 e. The number of rotatable bonds is 4. The molecule has 0 aliphatic heterocycles. The van der Waals surface area contributed by atoms with Gasteiger partial charge in [-0.1, -0.05) is 31.2 Å². The molecule has 1 aliphatic carbocycles. The summed E-state index contributed by atoms with van der Waals surface area (Å²) >= 11 is 0. The molecule has 2 rings (SSSR count). The van der Waals surface area contributed by atoms with Crippen LogP contribution in [-0.2, 0) is 17.6 Å². The Balaban J connectivity index is 2.26. The molecule has 0 saturated carbocycles. The second kappa shape index (κ2) is 5.85. The second-order valence-electron chi connectivity index (χ2n) is 4.87. The molecule has 0 radical (unpaired) electrons. The minimum Gasteiger partial charge on any atom is -0.481 e.